The SMILES string of the molecule is CCCCOC(=O)c1ccc(NC(=O)CN(c2c(C)cccc2C)S(C)(=O)=O)cc1. The first kappa shape index (κ1) is 23.4. The van der Waals surface area contributed by atoms with E-state index in [1.54, 1.807) is 50.2 Å². The summed E-state index contributed by atoms with van der Waals surface area (Å²) in [6.07, 6.45) is 2.81. The highest BCUT2D eigenvalue weighted by Crippen LogP contribution is 2.26. The number of para-hydroxylation sites is 1. The van der Waals surface area contributed by atoms with E-state index in [0.717, 1.165) is 34.5 Å². The van der Waals surface area contributed by atoms with Gasteiger partial charge >= 0.3 is 5.97 Å². The van der Waals surface area contributed by atoms with Gasteiger partial charge in [0.1, 0.15) is 6.54 Å². The highest BCUT2D eigenvalue weighted by molar-refractivity contribution is 7.92. The van der Waals surface area contributed by atoms with Crippen LogP contribution in [0.5, 0.6) is 0 Å². The molecule has 2 aromatic carbocycles. The number of esters is 1. The first-order valence-electron chi connectivity index (χ1n) is 9.74. The van der Waals surface area contributed by atoms with E-state index in [1.807, 2.05) is 13.0 Å². The molecular weight excluding hydrogens is 404 g/mol. The number of nitrogens with one attached hydrogen (secondary N) is 1. The average molecular weight is 433 g/mol. The molecule has 1 N–H and O–H groups in total. The Morgan fingerprint density at radius 2 is 1.63 bits per heavy atom. The Morgan fingerprint density at radius 1 is 1.03 bits per heavy atom. The summed E-state index contributed by atoms with van der Waals surface area (Å²) in [6, 6.07) is 11.7. The van der Waals surface area contributed by atoms with Crippen LogP contribution in [0.4, 0.5) is 11.4 Å². The number of carbonyl (C=O) groups excluding carboxylic acids is 2. The van der Waals surface area contributed by atoms with E-state index in [1.165, 1.54) is 0 Å². The molecule has 0 aliphatic carbocycles. The van der Waals surface area contributed by atoms with E-state index in [2.05, 4.69) is 5.32 Å². The van der Waals surface area contributed by atoms with E-state index in [9.17, 15) is 18.0 Å². The van der Waals surface area contributed by atoms with Crippen molar-refractivity contribution in [2.75, 3.05) is 29.0 Å². The fraction of sp³-hybridized carbons (Fsp3) is 0.364. The van der Waals surface area contributed by atoms with Crippen molar-refractivity contribution >= 4 is 33.3 Å². The number of hydrogen-bond acceptors (Lipinski definition) is 5. The number of sulfonamides is 1. The third kappa shape index (κ3) is 6.32. The van der Waals surface area contributed by atoms with Gasteiger partial charge in [-0.05, 0) is 55.7 Å². The van der Waals surface area contributed by atoms with E-state index in [4.69, 9.17) is 4.74 Å². The standard InChI is InChI=1S/C22H28N2O5S/c1-5-6-14-29-22(26)18-10-12-19(13-11-18)23-20(25)15-24(30(4,27)28)21-16(2)8-7-9-17(21)3/h7-13H,5-6,14-15H2,1-4H3,(H,23,25). The summed E-state index contributed by atoms with van der Waals surface area (Å²) in [5, 5.41) is 2.67. The monoisotopic (exact) mass is 432 g/mol. The van der Waals surface area contributed by atoms with Crippen LogP contribution in [-0.4, -0.2) is 39.7 Å². The Balaban J connectivity index is 2.10. The van der Waals surface area contributed by atoms with Crippen molar-refractivity contribution in [3.8, 4) is 0 Å². The van der Waals surface area contributed by atoms with Crippen LogP contribution in [0.3, 0.4) is 0 Å². The molecule has 0 atom stereocenters. The summed E-state index contributed by atoms with van der Waals surface area (Å²) in [5.74, 6) is -0.902. The second-order valence-corrected chi connectivity index (χ2v) is 9.03. The highest BCUT2D eigenvalue weighted by Gasteiger charge is 2.24. The Labute approximate surface area is 178 Å². The number of carbonyl (C=O) groups is 2. The molecule has 1 amide bonds. The van der Waals surface area contributed by atoms with Crippen LogP contribution in [0.1, 0.15) is 41.3 Å². The second kappa shape index (κ2) is 10.2. The third-order valence-corrected chi connectivity index (χ3v) is 5.62. The van der Waals surface area contributed by atoms with Crippen LogP contribution in [0, 0.1) is 13.8 Å². The van der Waals surface area contributed by atoms with Gasteiger partial charge in [-0.25, -0.2) is 13.2 Å². The van der Waals surface area contributed by atoms with Crippen LogP contribution in [0.25, 0.3) is 0 Å². The lowest BCUT2D eigenvalue weighted by Gasteiger charge is -2.25. The van der Waals surface area contributed by atoms with Crippen molar-refractivity contribution < 1.29 is 22.7 Å². The van der Waals surface area contributed by atoms with Crippen molar-refractivity contribution in [1.29, 1.82) is 0 Å². The molecular formula is C22H28N2O5S. The molecule has 0 saturated heterocycles. The maximum atomic E-state index is 12.5. The molecule has 162 valence electrons. The Morgan fingerprint density at radius 3 is 2.17 bits per heavy atom. The molecule has 30 heavy (non-hydrogen) atoms. The first-order valence-corrected chi connectivity index (χ1v) is 11.6. The van der Waals surface area contributed by atoms with Crippen LogP contribution >= 0.6 is 0 Å². The van der Waals surface area contributed by atoms with Gasteiger partial charge in [0.15, 0.2) is 0 Å². The zero-order chi connectivity index (χ0) is 22.3. The minimum atomic E-state index is -3.67. The molecule has 0 aliphatic rings. The number of nitrogens with zero attached hydrogens (tertiary/aromatic N) is 1. The summed E-state index contributed by atoms with van der Waals surface area (Å²) in [7, 11) is -3.67. The Hall–Kier alpha value is -2.87. The smallest absolute Gasteiger partial charge is 0.338 e. The van der Waals surface area contributed by atoms with Crippen LogP contribution in [0.2, 0.25) is 0 Å². The van der Waals surface area contributed by atoms with Gasteiger partial charge in [-0.1, -0.05) is 31.5 Å². The highest BCUT2D eigenvalue weighted by atomic mass is 32.2. The molecule has 0 aliphatic heterocycles. The molecule has 2 rings (SSSR count). The lowest BCUT2D eigenvalue weighted by molar-refractivity contribution is -0.114. The number of ether oxygens (including phenoxy) is 1. The number of hydrogen-bond donors (Lipinski definition) is 1. The van der Waals surface area contributed by atoms with Crippen molar-refractivity contribution in [3.63, 3.8) is 0 Å². The minimum Gasteiger partial charge on any atom is -0.462 e. The topological polar surface area (TPSA) is 92.8 Å². The van der Waals surface area contributed by atoms with Gasteiger partial charge in [0.05, 0.1) is 24.1 Å². The summed E-state index contributed by atoms with van der Waals surface area (Å²) in [4.78, 5) is 24.5. The van der Waals surface area contributed by atoms with E-state index >= 15 is 0 Å². The van der Waals surface area contributed by atoms with Crippen LogP contribution in [-0.2, 0) is 19.6 Å². The molecule has 0 heterocycles. The quantitative estimate of drug-likeness (QED) is 0.482. The number of unbranched alkanes of at least 4 members (excludes halogenated alkanes) is 1. The van der Waals surface area contributed by atoms with Gasteiger partial charge in [0.25, 0.3) is 0 Å². The van der Waals surface area contributed by atoms with Crippen molar-refractivity contribution in [3.05, 3.63) is 59.2 Å². The molecule has 7 nitrogen and oxygen atoms in total. The largest absolute Gasteiger partial charge is 0.462 e. The van der Waals surface area contributed by atoms with Gasteiger partial charge < -0.3 is 10.1 Å². The number of amides is 1. The number of anilines is 2. The van der Waals surface area contributed by atoms with Gasteiger partial charge in [-0.3, -0.25) is 9.10 Å². The lowest BCUT2D eigenvalue weighted by Crippen LogP contribution is -2.38. The number of benzene rings is 2. The van der Waals surface area contributed by atoms with Crippen molar-refractivity contribution in [2.45, 2.75) is 33.6 Å². The molecule has 0 spiro atoms. The molecule has 2 aromatic rings. The van der Waals surface area contributed by atoms with E-state index in [-0.39, 0.29) is 6.54 Å². The Bertz CT molecular complexity index is 980. The van der Waals surface area contributed by atoms with Crippen LogP contribution in [0.15, 0.2) is 42.5 Å². The summed E-state index contributed by atoms with van der Waals surface area (Å²) in [6.45, 7) is 5.63. The van der Waals surface area contributed by atoms with E-state index < -0.39 is 21.9 Å². The third-order valence-electron chi connectivity index (χ3n) is 4.51. The molecule has 0 bridgehead atoms. The molecule has 8 heteroatoms. The summed E-state index contributed by atoms with van der Waals surface area (Å²) in [5.41, 5.74) is 2.87. The Kier molecular flexibility index (Phi) is 8.00. The van der Waals surface area contributed by atoms with Crippen LogP contribution < -0.4 is 9.62 Å². The van der Waals surface area contributed by atoms with E-state index in [0.29, 0.717) is 23.5 Å². The second-order valence-electron chi connectivity index (χ2n) is 7.13. The van der Waals surface area contributed by atoms with Gasteiger partial charge in [0.2, 0.25) is 15.9 Å². The predicted octanol–water partition coefficient (Wildman–Crippen LogP) is 3.67. The number of rotatable bonds is 9. The predicted molar refractivity (Wildman–Crippen MR) is 118 cm³/mol. The minimum absolute atomic E-state index is 0.356. The average Bonchev–Trinajstić information content (AvgIpc) is 2.67. The fourth-order valence-electron chi connectivity index (χ4n) is 2.97. The molecule has 0 aromatic heterocycles. The summed E-state index contributed by atoms with van der Waals surface area (Å²) < 4.78 is 30.9. The van der Waals surface area contributed by atoms with Gasteiger partial charge in [-0.15, -0.1) is 0 Å². The van der Waals surface area contributed by atoms with Gasteiger partial charge in [-0.2, -0.15) is 0 Å². The summed E-state index contributed by atoms with van der Waals surface area (Å²) >= 11 is 0. The van der Waals surface area contributed by atoms with Gasteiger partial charge in [0, 0.05) is 5.69 Å². The molecule has 0 saturated carbocycles. The maximum absolute atomic E-state index is 12.5. The first-order chi connectivity index (χ1) is 14.1. The fourth-order valence-corrected chi connectivity index (χ4v) is 3.95. The molecule has 0 radical (unpaired) electrons. The maximum Gasteiger partial charge on any atom is 0.338 e. The lowest BCUT2D eigenvalue weighted by atomic mass is 10.1. The molecule has 0 unspecified atom stereocenters. The van der Waals surface area contributed by atoms with Crippen molar-refractivity contribution in [1.82, 2.24) is 0 Å². The number of aryl methyl sites for hydroxylation is 2. The molecule has 0 fully saturated rings. The zero-order valence-corrected chi connectivity index (χ0v) is 18.6. The normalized spacial score (nSPS) is 11.1. The van der Waals surface area contributed by atoms with Crippen molar-refractivity contribution in [2.24, 2.45) is 0 Å². The zero-order valence-electron chi connectivity index (χ0n) is 17.8.